The van der Waals surface area contributed by atoms with Crippen LogP contribution in [0.1, 0.15) is 62.9 Å². The second-order valence-corrected chi connectivity index (χ2v) is 7.92. The number of carbonyl (C=O) groups is 2. The molecule has 1 aromatic carbocycles. The first-order chi connectivity index (χ1) is 11.5. The van der Waals surface area contributed by atoms with Gasteiger partial charge in [-0.2, -0.15) is 0 Å². The van der Waals surface area contributed by atoms with Gasteiger partial charge in [0.1, 0.15) is 0 Å². The number of carbonyl (C=O) groups excluding carboxylic acids is 2. The second kappa shape index (κ2) is 6.90. The summed E-state index contributed by atoms with van der Waals surface area (Å²) in [4.78, 5) is 24.1. The highest BCUT2D eigenvalue weighted by molar-refractivity contribution is 6.01. The van der Waals surface area contributed by atoms with Gasteiger partial charge in [-0.1, -0.05) is 25.1 Å². The number of anilines is 1. The van der Waals surface area contributed by atoms with E-state index >= 15 is 0 Å². The van der Waals surface area contributed by atoms with Crippen LogP contribution in [-0.4, -0.2) is 30.1 Å². The lowest BCUT2D eigenvalue weighted by atomic mass is 9.81. The maximum Gasteiger partial charge on any atom is 0.330 e. The van der Waals surface area contributed by atoms with Crippen LogP contribution in [0.15, 0.2) is 30.4 Å². The standard InChI is InChI=1S/C20H28N2O3/c1-13-12-20(4,5)21-17-14(13)8-7-9-15(17)18(24)22-19(2,3)11-10-16(23)25-6/h7-11,13,21H,12H2,1-6H3,(H,22,24)/b11-10+/t13-/m1/s1. The molecule has 0 unspecified atom stereocenters. The van der Waals surface area contributed by atoms with Gasteiger partial charge in [-0.15, -0.1) is 0 Å². The fourth-order valence-corrected chi connectivity index (χ4v) is 3.32. The van der Waals surface area contributed by atoms with Gasteiger partial charge in [0.2, 0.25) is 0 Å². The highest BCUT2D eigenvalue weighted by Gasteiger charge is 2.32. The number of ether oxygens (including phenoxy) is 1. The molecule has 2 rings (SSSR count). The first-order valence-electron chi connectivity index (χ1n) is 8.55. The van der Waals surface area contributed by atoms with Crippen molar-refractivity contribution < 1.29 is 14.3 Å². The van der Waals surface area contributed by atoms with Crippen LogP contribution in [0.3, 0.4) is 0 Å². The molecule has 0 spiro atoms. The lowest BCUT2D eigenvalue weighted by molar-refractivity contribution is -0.134. The second-order valence-electron chi connectivity index (χ2n) is 7.92. The molecule has 0 saturated heterocycles. The molecule has 1 atom stereocenters. The molecule has 0 aliphatic carbocycles. The molecule has 0 aromatic heterocycles. The van der Waals surface area contributed by atoms with E-state index in [4.69, 9.17) is 0 Å². The van der Waals surface area contributed by atoms with E-state index in [2.05, 4.69) is 42.2 Å². The van der Waals surface area contributed by atoms with E-state index < -0.39 is 11.5 Å². The SMILES string of the molecule is COC(=O)/C=C/C(C)(C)NC(=O)c1cccc2c1NC(C)(C)C[C@H]2C. The summed E-state index contributed by atoms with van der Waals surface area (Å²) in [7, 11) is 1.32. The average Bonchev–Trinajstić information content (AvgIpc) is 2.50. The third-order valence-corrected chi connectivity index (χ3v) is 4.43. The number of rotatable bonds is 4. The van der Waals surface area contributed by atoms with Crippen LogP contribution < -0.4 is 10.6 Å². The molecule has 1 aliphatic heterocycles. The van der Waals surface area contributed by atoms with Crippen LogP contribution in [-0.2, 0) is 9.53 Å². The number of nitrogens with one attached hydrogen (secondary N) is 2. The number of methoxy groups -OCH3 is 1. The number of hydrogen-bond acceptors (Lipinski definition) is 4. The van der Waals surface area contributed by atoms with E-state index in [1.807, 2.05) is 26.0 Å². The predicted octanol–water partition coefficient (Wildman–Crippen LogP) is 3.62. The zero-order chi connectivity index (χ0) is 18.8. The Morgan fingerprint density at radius 1 is 1.36 bits per heavy atom. The maximum atomic E-state index is 12.9. The monoisotopic (exact) mass is 344 g/mol. The maximum absolute atomic E-state index is 12.9. The van der Waals surface area contributed by atoms with Gasteiger partial charge < -0.3 is 15.4 Å². The van der Waals surface area contributed by atoms with Crippen molar-refractivity contribution in [3.63, 3.8) is 0 Å². The van der Waals surface area contributed by atoms with Crippen LogP contribution in [0.5, 0.6) is 0 Å². The molecule has 1 heterocycles. The molecule has 136 valence electrons. The minimum atomic E-state index is -0.677. The van der Waals surface area contributed by atoms with Crippen molar-refractivity contribution in [1.82, 2.24) is 5.32 Å². The molecule has 1 amide bonds. The quantitative estimate of drug-likeness (QED) is 0.647. The fraction of sp³-hybridized carbons (Fsp3) is 0.500. The van der Waals surface area contributed by atoms with Gasteiger partial charge >= 0.3 is 5.97 Å². The summed E-state index contributed by atoms with van der Waals surface area (Å²) in [6.45, 7) is 10.1. The third kappa shape index (κ3) is 4.62. The van der Waals surface area contributed by atoms with Gasteiger partial charge in [0.25, 0.3) is 5.91 Å². The van der Waals surface area contributed by atoms with Gasteiger partial charge in [-0.05, 0) is 51.7 Å². The Kier molecular flexibility index (Phi) is 5.26. The van der Waals surface area contributed by atoms with Crippen molar-refractivity contribution in [2.45, 2.75) is 58.0 Å². The molecular formula is C20H28N2O3. The molecule has 1 aliphatic rings. The minimum absolute atomic E-state index is 0.0664. The van der Waals surface area contributed by atoms with Crippen LogP contribution >= 0.6 is 0 Å². The van der Waals surface area contributed by atoms with Gasteiger partial charge in [0, 0.05) is 11.6 Å². The van der Waals surface area contributed by atoms with Gasteiger partial charge in [-0.3, -0.25) is 4.79 Å². The van der Waals surface area contributed by atoms with Crippen LogP contribution in [0.4, 0.5) is 5.69 Å². The van der Waals surface area contributed by atoms with Crippen molar-refractivity contribution in [1.29, 1.82) is 0 Å². The van der Waals surface area contributed by atoms with E-state index in [0.717, 1.165) is 17.7 Å². The number of amides is 1. The number of hydrogen-bond donors (Lipinski definition) is 2. The number of fused-ring (bicyclic) bond motifs is 1. The van der Waals surface area contributed by atoms with Crippen LogP contribution in [0.2, 0.25) is 0 Å². The summed E-state index contributed by atoms with van der Waals surface area (Å²) < 4.78 is 4.60. The molecule has 5 nitrogen and oxygen atoms in total. The lowest BCUT2D eigenvalue weighted by Gasteiger charge is -2.38. The summed E-state index contributed by atoms with van der Waals surface area (Å²) in [6.07, 6.45) is 3.97. The van der Waals surface area contributed by atoms with Crippen LogP contribution in [0.25, 0.3) is 0 Å². The molecule has 5 heteroatoms. The van der Waals surface area contributed by atoms with Crippen molar-refractivity contribution in [2.24, 2.45) is 0 Å². The van der Waals surface area contributed by atoms with E-state index in [-0.39, 0.29) is 11.4 Å². The Labute approximate surface area is 149 Å². The summed E-state index contributed by atoms with van der Waals surface area (Å²) >= 11 is 0. The highest BCUT2D eigenvalue weighted by Crippen LogP contribution is 2.40. The Bertz CT molecular complexity index is 705. The molecule has 0 radical (unpaired) electrons. The van der Waals surface area contributed by atoms with Crippen molar-refractivity contribution in [3.05, 3.63) is 41.5 Å². The van der Waals surface area contributed by atoms with E-state index in [9.17, 15) is 9.59 Å². The topological polar surface area (TPSA) is 67.4 Å². The summed E-state index contributed by atoms with van der Waals surface area (Å²) in [6, 6.07) is 5.82. The third-order valence-electron chi connectivity index (χ3n) is 4.43. The Hall–Kier alpha value is -2.30. The molecule has 0 bridgehead atoms. The van der Waals surface area contributed by atoms with Crippen molar-refractivity contribution in [2.75, 3.05) is 12.4 Å². The number of benzene rings is 1. The molecule has 25 heavy (non-hydrogen) atoms. The normalized spacial score (nSPS) is 19.0. The van der Waals surface area contributed by atoms with Gasteiger partial charge in [0.05, 0.1) is 23.9 Å². The summed E-state index contributed by atoms with van der Waals surface area (Å²) in [5, 5.41) is 6.48. The van der Waals surface area contributed by atoms with Crippen molar-refractivity contribution >= 4 is 17.6 Å². The zero-order valence-electron chi connectivity index (χ0n) is 15.9. The molecule has 2 N–H and O–H groups in total. The van der Waals surface area contributed by atoms with Crippen LogP contribution in [0, 0.1) is 0 Å². The van der Waals surface area contributed by atoms with E-state index in [0.29, 0.717) is 11.5 Å². The minimum Gasteiger partial charge on any atom is -0.466 e. The molecule has 1 aromatic rings. The zero-order valence-corrected chi connectivity index (χ0v) is 15.9. The molecular weight excluding hydrogens is 316 g/mol. The van der Waals surface area contributed by atoms with E-state index in [1.54, 1.807) is 6.08 Å². The lowest BCUT2D eigenvalue weighted by Crippen LogP contribution is -2.43. The largest absolute Gasteiger partial charge is 0.466 e. The summed E-state index contributed by atoms with van der Waals surface area (Å²) in [5.74, 6) is -0.239. The summed E-state index contributed by atoms with van der Waals surface area (Å²) in [5.41, 5.74) is 1.94. The Balaban J connectivity index is 2.28. The Morgan fingerprint density at radius 3 is 2.68 bits per heavy atom. The van der Waals surface area contributed by atoms with E-state index in [1.165, 1.54) is 13.2 Å². The molecule has 0 saturated carbocycles. The predicted molar refractivity (Wildman–Crippen MR) is 99.9 cm³/mol. The van der Waals surface area contributed by atoms with Crippen molar-refractivity contribution in [3.8, 4) is 0 Å². The number of esters is 1. The number of para-hydroxylation sites is 1. The molecule has 0 fully saturated rings. The fourth-order valence-electron chi connectivity index (χ4n) is 3.32. The highest BCUT2D eigenvalue weighted by atomic mass is 16.5. The van der Waals surface area contributed by atoms with Gasteiger partial charge in [0.15, 0.2) is 0 Å². The first kappa shape index (κ1) is 19.0. The average molecular weight is 344 g/mol. The Morgan fingerprint density at radius 2 is 2.04 bits per heavy atom. The van der Waals surface area contributed by atoms with Gasteiger partial charge in [-0.25, -0.2) is 4.79 Å². The first-order valence-corrected chi connectivity index (χ1v) is 8.55. The smallest absolute Gasteiger partial charge is 0.330 e.